The van der Waals surface area contributed by atoms with Crippen LogP contribution in [0.1, 0.15) is 44.1 Å². The fraction of sp³-hybridized carbons (Fsp3) is 0.424. The Bertz CT molecular complexity index is 1680. The number of hydrogen-bond acceptors (Lipinski definition) is 5. The first-order valence-electron chi connectivity index (χ1n) is 15.2. The van der Waals surface area contributed by atoms with Gasteiger partial charge >= 0.3 is 0 Å². The molecule has 3 aromatic carbocycles. The van der Waals surface area contributed by atoms with E-state index in [1.807, 2.05) is 12.1 Å². The number of piperazine rings is 1. The van der Waals surface area contributed by atoms with Crippen LogP contribution >= 0.6 is 0 Å². The van der Waals surface area contributed by atoms with Gasteiger partial charge < -0.3 is 5.32 Å². The molecule has 1 saturated heterocycles. The van der Waals surface area contributed by atoms with E-state index in [0.717, 1.165) is 22.1 Å². The Hall–Kier alpha value is -3.05. The Morgan fingerprint density at radius 1 is 0.674 bits per heavy atom. The number of nitrogens with one attached hydrogen (secondary N) is 1. The molecule has 3 aromatic rings. The van der Waals surface area contributed by atoms with Crippen molar-refractivity contribution in [3.63, 3.8) is 0 Å². The van der Waals surface area contributed by atoms with Gasteiger partial charge in [0.15, 0.2) is 0 Å². The second-order valence-corrected chi connectivity index (χ2v) is 16.7. The number of amides is 1. The van der Waals surface area contributed by atoms with Gasteiger partial charge in [-0.1, -0.05) is 48.5 Å². The van der Waals surface area contributed by atoms with Gasteiger partial charge in [-0.05, 0) is 104 Å². The van der Waals surface area contributed by atoms with Gasteiger partial charge in [-0.15, -0.1) is 0 Å². The smallest absolute Gasteiger partial charge is 0.244 e. The zero-order valence-corrected chi connectivity index (χ0v) is 25.6. The molecule has 5 aliphatic rings. The highest BCUT2D eigenvalue weighted by atomic mass is 32.2. The van der Waals surface area contributed by atoms with E-state index in [4.69, 9.17) is 0 Å². The lowest BCUT2D eigenvalue weighted by Gasteiger charge is -2.57. The minimum Gasteiger partial charge on any atom is -0.325 e. The number of nitrogens with zero attached hydrogens (tertiary/aromatic N) is 2. The number of sulfonamides is 2. The molecule has 43 heavy (non-hydrogen) atoms. The molecule has 1 atom stereocenters. The molecule has 1 aliphatic heterocycles. The minimum atomic E-state index is -4.06. The van der Waals surface area contributed by atoms with Gasteiger partial charge in [0.2, 0.25) is 26.0 Å². The monoisotopic (exact) mass is 619 g/mol. The number of carbonyl (C=O) groups is 1. The zero-order valence-electron chi connectivity index (χ0n) is 24.0. The van der Waals surface area contributed by atoms with Crippen LogP contribution in [0.2, 0.25) is 0 Å². The van der Waals surface area contributed by atoms with Crippen LogP contribution in [0.15, 0.2) is 94.7 Å². The predicted molar refractivity (Wildman–Crippen MR) is 164 cm³/mol. The second-order valence-electron chi connectivity index (χ2n) is 12.9. The average molecular weight is 620 g/mol. The molecule has 0 radical (unpaired) electrons. The summed E-state index contributed by atoms with van der Waals surface area (Å²) in [6, 6.07) is 22.8. The fourth-order valence-corrected chi connectivity index (χ4v) is 11.6. The summed E-state index contributed by atoms with van der Waals surface area (Å²) in [6.45, 7) is -0.500. The van der Waals surface area contributed by atoms with Crippen LogP contribution in [0.25, 0.3) is 0 Å². The second kappa shape index (κ2) is 10.8. The Balaban J connectivity index is 1.15. The first kappa shape index (κ1) is 28.7. The SMILES string of the molecule is O=C(Nc1ccc(C23CC4CC(CC(C4)C2)C3)cc1)[C@@H]1CN(S(=O)(=O)c2ccccc2)CCN1S(=O)(=O)c1ccccc1. The van der Waals surface area contributed by atoms with E-state index < -0.39 is 32.0 Å². The molecule has 1 N–H and O–H groups in total. The molecule has 0 aromatic heterocycles. The van der Waals surface area contributed by atoms with E-state index in [2.05, 4.69) is 17.4 Å². The van der Waals surface area contributed by atoms with Crippen LogP contribution in [-0.2, 0) is 30.3 Å². The van der Waals surface area contributed by atoms with Crippen molar-refractivity contribution in [3.05, 3.63) is 90.5 Å². The number of benzene rings is 3. The quantitative estimate of drug-likeness (QED) is 0.407. The lowest BCUT2D eigenvalue weighted by Crippen LogP contribution is -2.60. The van der Waals surface area contributed by atoms with Crippen molar-refractivity contribution < 1.29 is 21.6 Å². The van der Waals surface area contributed by atoms with Gasteiger partial charge in [0, 0.05) is 25.3 Å². The van der Waals surface area contributed by atoms with E-state index in [-0.39, 0.29) is 34.8 Å². The highest BCUT2D eigenvalue weighted by molar-refractivity contribution is 7.89. The summed E-state index contributed by atoms with van der Waals surface area (Å²) in [6.07, 6.45) is 7.83. The molecule has 0 spiro atoms. The van der Waals surface area contributed by atoms with Crippen molar-refractivity contribution in [2.45, 2.75) is 59.8 Å². The van der Waals surface area contributed by atoms with Crippen molar-refractivity contribution in [3.8, 4) is 0 Å². The standard InChI is InChI=1S/C33H37N3O5S2/c37-32(34-28-13-11-27(12-14-28)33-20-24-17-25(21-33)19-26(18-24)22-33)31-23-35(42(38,39)29-7-3-1-4-8-29)15-16-36(31)43(40,41)30-9-5-2-6-10-30/h1-14,24-26,31H,15-23H2,(H,34,37)/t24?,25?,26?,31-,33?/m0/s1. The lowest BCUT2D eigenvalue weighted by molar-refractivity contribution is -0.120. The summed E-state index contributed by atoms with van der Waals surface area (Å²) in [5.74, 6) is 1.91. The Morgan fingerprint density at radius 3 is 1.72 bits per heavy atom. The van der Waals surface area contributed by atoms with E-state index in [9.17, 15) is 21.6 Å². The van der Waals surface area contributed by atoms with Gasteiger partial charge in [-0.25, -0.2) is 16.8 Å². The van der Waals surface area contributed by atoms with Gasteiger partial charge in [-0.2, -0.15) is 8.61 Å². The molecule has 0 unspecified atom stereocenters. The molecule has 1 amide bonds. The van der Waals surface area contributed by atoms with Crippen LogP contribution in [0.5, 0.6) is 0 Å². The Labute approximate surface area is 254 Å². The minimum absolute atomic E-state index is 0.0621. The van der Waals surface area contributed by atoms with Crippen LogP contribution in [0.3, 0.4) is 0 Å². The van der Waals surface area contributed by atoms with Crippen LogP contribution in [0.4, 0.5) is 5.69 Å². The molecule has 10 heteroatoms. The van der Waals surface area contributed by atoms with E-state index in [1.54, 1.807) is 36.4 Å². The maximum Gasteiger partial charge on any atom is 0.244 e. The predicted octanol–water partition coefficient (Wildman–Crippen LogP) is 4.86. The third-order valence-corrected chi connectivity index (χ3v) is 13.9. The van der Waals surface area contributed by atoms with Crippen LogP contribution in [-0.4, -0.2) is 57.0 Å². The maximum atomic E-state index is 13.8. The molecule has 5 fully saturated rings. The Morgan fingerprint density at radius 2 is 1.19 bits per heavy atom. The van der Waals surface area contributed by atoms with Crippen molar-refractivity contribution in [1.82, 2.24) is 8.61 Å². The highest BCUT2D eigenvalue weighted by Crippen LogP contribution is 2.60. The van der Waals surface area contributed by atoms with E-state index in [0.29, 0.717) is 5.69 Å². The van der Waals surface area contributed by atoms with Gasteiger partial charge in [0.05, 0.1) is 9.79 Å². The third kappa shape index (κ3) is 5.22. The summed E-state index contributed by atoms with van der Waals surface area (Å²) in [4.78, 5) is 14.0. The molecule has 4 saturated carbocycles. The van der Waals surface area contributed by atoms with E-state index >= 15 is 0 Å². The van der Waals surface area contributed by atoms with Gasteiger partial charge in [0.25, 0.3) is 0 Å². The normalized spacial score (nSPS) is 29.4. The first-order valence-corrected chi connectivity index (χ1v) is 18.1. The number of carbonyl (C=O) groups excluding carboxylic acids is 1. The molecular weight excluding hydrogens is 583 g/mol. The molecule has 226 valence electrons. The first-order chi connectivity index (χ1) is 20.6. The molecule has 4 bridgehead atoms. The van der Waals surface area contributed by atoms with Crippen LogP contribution < -0.4 is 5.32 Å². The number of anilines is 1. The largest absolute Gasteiger partial charge is 0.325 e. The summed E-state index contributed by atoms with van der Waals surface area (Å²) in [5.41, 5.74) is 2.13. The van der Waals surface area contributed by atoms with Crippen molar-refractivity contribution in [1.29, 1.82) is 0 Å². The number of rotatable bonds is 7. The summed E-state index contributed by atoms with van der Waals surface area (Å²) in [7, 11) is -7.99. The molecule has 8 nitrogen and oxygen atoms in total. The van der Waals surface area contributed by atoms with E-state index in [1.165, 1.54) is 72.7 Å². The molecule has 8 rings (SSSR count). The molecular formula is C33H37N3O5S2. The zero-order chi connectivity index (χ0) is 29.8. The maximum absolute atomic E-state index is 13.8. The summed E-state index contributed by atoms with van der Waals surface area (Å²) >= 11 is 0. The molecule has 1 heterocycles. The summed E-state index contributed by atoms with van der Waals surface area (Å²) < 4.78 is 56.7. The topological polar surface area (TPSA) is 104 Å². The highest BCUT2D eigenvalue weighted by Gasteiger charge is 2.51. The lowest BCUT2D eigenvalue weighted by atomic mass is 9.48. The van der Waals surface area contributed by atoms with Crippen LogP contribution in [0, 0.1) is 17.8 Å². The van der Waals surface area contributed by atoms with Crippen molar-refractivity contribution >= 4 is 31.6 Å². The molecule has 4 aliphatic carbocycles. The Kier molecular flexibility index (Phi) is 7.23. The summed E-state index contributed by atoms with van der Waals surface area (Å²) in [5, 5.41) is 2.91. The van der Waals surface area contributed by atoms with Crippen molar-refractivity contribution in [2.75, 3.05) is 25.0 Å². The van der Waals surface area contributed by atoms with Gasteiger partial charge in [-0.3, -0.25) is 4.79 Å². The average Bonchev–Trinajstić information content (AvgIpc) is 3.01. The fourth-order valence-electron chi connectivity index (χ4n) is 8.53. The third-order valence-electron chi connectivity index (χ3n) is 10.1. The number of hydrogen-bond donors (Lipinski definition) is 1. The van der Waals surface area contributed by atoms with Crippen molar-refractivity contribution in [2.24, 2.45) is 17.8 Å². The van der Waals surface area contributed by atoms with Gasteiger partial charge in [0.1, 0.15) is 6.04 Å².